The maximum atomic E-state index is 5.72. The Bertz CT molecular complexity index is 529. The van der Waals surface area contributed by atoms with Gasteiger partial charge in [0.25, 0.3) is 0 Å². The van der Waals surface area contributed by atoms with E-state index in [-0.39, 0.29) is 0 Å². The highest BCUT2D eigenvalue weighted by atomic mass is 79.9. The summed E-state index contributed by atoms with van der Waals surface area (Å²) in [5.74, 6) is 2.31. The van der Waals surface area contributed by atoms with Crippen molar-refractivity contribution < 1.29 is 14.2 Å². The quantitative estimate of drug-likeness (QED) is 0.564. The molecule has 0 bridgehead atoms. The molecular weight excluding hydrogens is 320 g/mol. The Kier molecular flexibility index (Phi) is 5.74. The molecule has 0 spiro atoms. The van der Waals surface area contributed by atoms with Crippen LogP contribution in [0, 0.1) is 0 Å². The summed E-state index contributed by atoms with van der Waals surface area (Å²) >= 11 is 3.43. The maximum Gasteiger partial charge on any atom is 0.161 e. The molecule has 0 amide bonds. The molecule has 4 heteroatoms. The van der Waals surface area contributed by atoms with E-state index in [2.05, 4.69) is 15.9 Å². The highest BCUT2D eigenvalue weighted by Gasteiger charge is 2.05. The Hall–Kier alpha value is -1.68. The Labute approximate surface area is 127 Å². The predicted octanol–water partition coefficient (Wildman–Crippen LogP) is 4.05. The number of hydrogen-bond donors (Lipinski definition) is 0. The van der Waals surface area contributed by atoms with Crippen molar-refractivity contribution in [1.29, 1.82) is 0 Å². The predicted molar refractivity (Wildman–Crippen MR) is 83.1 cm³/mol. The molecule has 2 rings (SSSR count). The molecule has 0 fully saturated rings. The Morgan fingerprint density at radius 3 is 2.35 bits per heavy atom. The molecular formula is C16H17BrO3. The summed E-state index contributed by atoms with van der Waals surface area (Å²) in [5, 5.41) is 0.786. The van der Waals surface area contributed by atoms with Crippen molar-refractivity contribution in [3.8, 4) is 17.2 Å². The molecule has 0 aliphatic rings. The molecule has 0 aliphatic heterocycles. The van der Waals surface area contributed by atoms with Crippen LogP contribution in [0.3, 0.4) is 0 Å². The molecule has 20 heavy (non-hydrogen) atoms. The van der Waals surface area contributed by atoms with Crippen LogP contribution in [-0.2, 0) is 5.33 Å². The summed E-state index contributed by atoms with van der Waals surface area (Å²) in [7, 11) is 1.64. The van der Waals surface area contributed by atoms with Crippen LogP contribution in [0.25, 0.3) is 0 Å². The van der Waals surface area contributed by atoms with Crippen LogP contribution in [0.5, 0.6) is 17.2 Å². The lowest BCUT2D eigenvalue weighted by molar-refractivity contribution is 0.211. The van der Waals surface area contributed by atoms with Gasteiger partial charge in [-0.2, -0.15) is 0 Å². The van der Waals surface area contributed by atoms with E-state index in [1.165, 1.54) is 0 Å². The third kappa shape index (κ3) is 4.17. The van der Waals surface area contributed by atoms with Crippen molar-refractivity contribution in [2.45, 2.75) is 5.33 Å². The summed E-state index contributed by atoms with van der Waals surface area (Å²) in [6.45, 7) is 0.961. The summed E-state index contributed by atoms with van der Waals surface area (Å²) in [4.78, 5) is 0. The first-order valence-electron chi connectivity index (χ1n) is 6.37. The molecule has 0 atom stereocenters. The van der Waals surface area contributed by atoms with Gasteiger partial charge in [0.2, 0.25) is 0 Å². The van der Waals surface area contributed by atoms with Gasteiger partial charge in [0, 0.05) is 5.33 Å². The molecule has 0 heterocycles. The summed E-state index contributed by atoms with van der Waals surface area (Å²) in [6.07, 6.45) is 0. The Balaban J connectivity index is 1.87. The molecule has 0 unspecified atom stereocenters. The van der Waals surface area contributed by atoms with Gasteiger partial charge in [0.1, 0.15) is 19.0 Å². The van der Waals surface area contributed by atoms with Crippen LogP contribution in [0.15, 0.2) is 48.5 Å². The Morgan fingerprint density at radius 2 is 1.65 bits per heavy atom. The van der Waals surface area contributed by atoms with Gasteiger partial charge in [0.05, 0.1) is 7.11 Å². The molecule has 2 aromatic carbocycles. The smallest absolute Gasteiger partial charge is 0.161 e. The van der Waals surface area contributed by atoms with E-state index in [4.69, 9.17) is 14.2 Å². The van der Waals surface area contributed by atoms with Crippen LogP contribution < -0.4 is 14.2 Å². The molecule has 0 N–H and O–H groups in total. The lowest BCUT2D eigenvalue weighted by Crippen LogP contribution is -2.09. The van der Waals surface area contributed by atoms with Gasteiger partial charge in [-0.05, 0) is 29.8 Å². The lowest BCUT2D eigenvalue weighted by atomic mass is 10.2. The molecule has 0 radical (unpaired) electrons. The van der Waals surface area contributed by atoms with E-state index in [0.29, 0.717) is 13.2 Å². The topological polar surface area (TPSA) is 27.7 Å². The highest BCUT2D eigenvalue weighted by Crippen LogP contribution is 2.28. The van der Waals surface area contributed by atoms with Gasteiger partial charge >= 0.3 is 0 Å². The third-order valence-electron chi connectivity index (χ3n) is 2.74. The minimum Gasteiger partial charge on any atom is -0.493 e. The molecule has 0 aliphatic carbocycles. The van der Waals surface area contributed by atoms with E-state index < -0.39 is 0 Å². The van der Waals surface area contributed by atoms with Gasteiger partial charge in [-0.3, -0.25) is 0 Å². The fraction of sp³-hybridized carbons (Fsp3) is 0.250. The van der Waals surface area contributed by atoms with Gasteiger partial charge < -0.3 is 14.2 Å². The first kappa shape index (κ1) is 14.7. The van der Waals surface area contributed by atoms with E-state index in [0.717, 1.165) is 28.1 Å². The van der Waals surface area contributed by atoms with Crippen LogP contribution in [-0.4, -0.2) is 20.3 Å². The lowest BCUT2D eigenvalue weighted by Gasteiger charge is -2.12. The normalized spacial score (nSPS) is 10.1. The van der Waals surface area contributed by atoms with Crippen molar-refractivity contribution >= 4 is 15.9 Å². The zero-order valence-electron chi connectivity index (χ0n) is 11.3. The maximum absolute atomic E-state index is 5.72. The molecule has 0 saturated heterocycles. The average Bonchev–Trinajstić information content (AvgIpc) is 2.52. The minimum absolute atomic E-state index is 0.469. The zero-order valence-corrected chi connectivity index (χ0v) is 12.9. The van der Waals surface area contributed by atoms with Crippen molar-refractivity contribution in [1.82, 2.24) is 0 Å². The summed E-state index contributed by atoms with van der Waals surface area (Å²) in [6, 6.07) is 15.6. The van der Waals surface area contributed by atoms with Crippen molar-refractivity contribution in [2.75, 3.05) is 20.3 Å². The minimum atomic E-state index is 0.469. The zero-order chi connectivity index (χ0) is 14.2. The molecule has 3 nitrogen and oxygen atoms in total. The number of benzene rings is 2. The number of alkyl halides is 1. The van der Waals surface area contributed by atoms with Gasteiger partial charge in [-0.15, -0.1) is 0 Å². The second-order valence-corrected chi connectivity index (χ2v) is 4.69. The second-order valence-electron chi connectivity index (χ2n) is 4.13. The largest absolute Gasteiger partial charge is 0.493 e. The number of halogens is 1. The van der Waals surface area contributed by atoms with Gasteiger partial charge in [-0.1, -0.05) is 40.2 Å². The van der Waals surface area contributed by atoms with E-state index in [1.54, 1.807) is 7.11 Å². The number of methoxy groups -OCH3 is 1. The first-order chi connectivity index (χ1) is 9.83. The summed E-state index contributed by atoms with van der Waals surface area (Å²) < 4.78 is 16.6. The van der Waals surface area contributed by atoms with Crippen molar-refractivity contribution in [3.63, 3.8) is 0 Å². The van der Waals surface area contributed by atoms with E-state index in [1.807, 2.05) is 48.5 Å². The van der Waals surface area contributed by atoms with Gasteiger partial charge in [0.15, 0.2) is 11.5 Å². The second kappa shape index (κ2) is 7.80. The molecule has 0 aromatic heterocycles. The van der Waals surface area contributed by atoms with Crippen molar-refractivity contribution in [2.24, 2.45) is 0 Å². The standard InChI is InChI=1S/C16H17BrO3/c1-18-15-8-7-13(12-17)11-16(15)20-10-9-19-14-5-3-2-4-6-14/h2-8,11H,9-10,12H2,1H3. The fourth-order valence-corrected chi connectivity index (χ4v) is 2.09. The van der Waals surface area contributed by atoms with Crippen molar-refractivity contribution in [3.05, 3.63) is 54.1 Å². The number of hydrogen-bond acceptors (Lipinski definition) is 3. The fourth-order valence-electron chi connectivity index (χ4n) is 1.74. The highest BCUT2D eigenvalue weighted by molar-refractivity contribution is 9.08. The van der Waals surface area contributed by atoms with E-state index in [9.17, 15) is 0 Å². The monoisotopic (exact) mass is 336 g/mol. The first-order valence-corrected chi connectivity index (χ1v) is 7.49. The molecule has 0 saturated carbocycles. The van der Waals surface area contributed by atoms with E-state index >= 15 is 0 Å². The molecule has 106 valence electrons. The van der Waals surface area contributed by atoms with Gasteiger partial charge in [-0.25, -0.2) is 0 Å². The van der Waals surface area contributed by atoms with Crippen LogP contribution in [0.2, 0.25) is 0 Å². The third-order valence-corrected chi connectivity index (χ3v) is 3.38. The molecule has 2 aromatic rings. The SMILES string of the molecule is COc1ccc(CBr)cc1OCCOc1ccccc1. The van der Waals surface area contributed by atoms with Crippen LogP contribution in [0.4, 0.5) is 0 Å². The number of rotatable bonds is 7. The van der Waals surface area contributed by atoms with Crippen LogP contribution >= 0.6 is 15.9 Å². The van der Waals surface area contributed by atoms with Crippen LogP contribution in [0.1, 0.15) is 5.56 Å². The number of para-hydroxylation sites is 1. The number of ether oxygens (including phenoxy) is 3. The average molecular weight is 337 g/mol. The Morgan fingerprint density at radius 1 is 0.900 bits per heavy atom. The summed E-state index contributed by atoms with van der Waals surface area (Å²) in [5.41, 5.74) is 1.14.